The first kappa shape index (κ1) is 19.0. The van der Waals surface area contributed by atoms with Gasteiger partial charge in [0.2, 0.25) is 0 Å². The largest absolute Gasteiger partial charge is 0.357 e. The van der Waals surface area contributed by atoms with E-state index in [1.54, 1.807) is 0 Å². The van der Waals surface area contributed by atoms with Gasteiger partial charge in [0.15, 0.2) is 5.96 Å². The number of guanidine groups is 1. The minimum absolute atomic E-state index is 0.194. The zero-order valence-electron chi connectivity index (χ0n) is 16.3. The van der Waals surface area contributed by atoms with Gasteiger partial charge in [0, 0.05) is 24.8 Å². The van der Waals surface area contributed by atoms with Crippen LogP contribution in [0.3, 0.4) is 0 Å². The van der Waals surface area contributed by atoms with Crippen molar-refractivity contribution in [1.29, 1.82) is 0 Å². The summed E-state index contributed by atoms with van der Waals surface area (Å²) in [5.41, 5.74) is 6.03. The number of hydrogen-bond donors (Lipinski definition) is 2. The standard InChI is InChI=1S/C20H31N5/c1-7-17-9-11-18(12-10-17)14(3)23-20(21-8-2)22-13-19-15(4)24-25(6)16(19)5/h9-12,14H,7-8,13H2,1-6H3,(H2,21,22,23). The maximum absolute atomic E-state index is 4.76. The third-order valence-electron chi connectivity index (χ3n) is 4.64. The van der Waals surface area contributed by atoms with Crippen LogP contribution in [0, 0.1) is 13.8 Å². The van der Waals surface area contributed by atoms with E-state index in [0.29, 0.717) is 6.54 Å². The van der Waals surface area contributed by atoms with E-state index in [0.717, 1.165) is 24.6 Å². The highest BCUT2D eigenvalue weighted by atomic mass is 15.3. The Hall–Kier alpha value is -2.30. The molecule has 0 bridgehead atoms. The van der Waals surface area contributed by atoms with Crippen LogP contribution in [0.2, 0.25) is 0 Å². The van der Waals surface area contributed by atoms with Gasteiger partial charge in [-0.2, -0.15) is 5.10 Å². The van der Waals surface area contributed by atoms with Crippen molar-refractivity contribution in [1.82, 2.24) is 20.4 Å². The van der Waals surface area contributed by atoms with Crippen LogP contribution in [0.4, 0.5) is 0 Å². The lowest BCUT2D eigenvalue weighted by Gasteiger charge is -2.18. The number of hydrogen-bond acceptors (Lipinski definition) is 2. The molecule has 1 aromatic carbocycles. The number of rotatable bonds is 6. The van der Waals surface area contributed by atoms with E-state index in [9.17, 15) is 0 Å². The summed E-state index contributed by atoms with van der Waals surface area (Å²) < 4.78 is 1.92. The molecule has 0 aliphatic heterocycles. The molecule has 5 nitrogen and oxygen atoms in total. The van der Waals surface area contributed by atoms with E-state index in [-0.39, 0.29) is 6.04 Å². The van der Waals surface area contributed by atoms with Crippen LogP contribution >= 0.6 is 0 Å². The Morgan fingerprint density at radius 1 is 1.20 bits per heavy atom. The van der Waals surface area contributed by atoms with Gasteiger partial charge in [-0.25, -0.2) is 4.99 Å². The van der Waals surface area contributed by atoms with E-state index in [4.69, 9.17) is 4.99 Å². The van der Waals surface area contributed by atoms with E-state index in [1.165, 1.54) is 22.4 Å². The molecule has 0 radical (unpaired) electrons. The minimum Gasteiger partial charge on any atom is -0.357 e. The smallest absolute Gasteiger partial charge is 0.192 e. The SMILES string of the molecule is CCNC(=NCc1c(C)nn(C)c1C)NC(C)c1ccc(CC)cc1. The lowest BCUT2D eigenvalue weighted by Crippen LogP contribution is -2.38. The monoisotopic (exact) mass is 341 g/mol. The van der Waals surface area contributed by atoms with E-state index in [1.807, 2.05) is 18.7 Å². The summed E-state index contributed by atoms with van der Waals surface area (Å²) in [4.78, 5) is 4.76. The van der Waals surface area contributed by atoms with E-state index >= 15 is 0 Å². The lowest BCUT2D eigenvalue weighted by molar-refractivity contribution is 0.685. The molecule has 136 valence electrons. The molecule has 1 unspecified atom stereocenters. The third-order valence-corrected chi connectivity index (χ3v) is 4.64. The molecule has 0 saturated carbocycles. The number of nitrogens with zero attached hydrogens (tertiary/aromatic N) is 3. The first-order chi connectivity index (χ1) is 12.0. The quantitative estimate of drug-likeness (QED) is 0.625. The zero-order valence-corrected chi connectivity index (χ0v) is 16.3. The molecule has 2 N–H and O–H groups in total. The van der Waals surface area contributed by atoms with E-state index in [2.05, 4.69) is 67.7 Å². The number of benzene rings is 1. The van der Waals surface area contributed by atoms with Gasteiger partial charge < -0.3 is 10.6 Å². The summed E-state index contributed by atoms with van der Waals surface area (Å²) in [5, 5.41) is 11.3. The first-order valence-electron chi connectivity index (χ1n) is 9.09. The Kier molecular flexibility index (Phi) is 6.62. The fourth-order valence-electron chi connectivity index (χ4n) is 2.85. The molecule has 2 aromatic rings. The van der Waals surface area contributed by atoms with Crippen LogP contribution in [0.1, 0.15) is 54.9 Å². The van der Waals surface area contributed by atoms with Gasteiger partial charge in [0.25, 0.3) is 0 Å². The van der Waals surface area contributed by atoms with Gasteiger partial charge >= 0.3 is 0 Å². The van der Waals surface area contributed by atoms with Crippen LogP contribution in [-0.4, -0.2) is 22.3 Å². The van der Waals surface area contributed by atoms with Gasteiger partial charge in [-0.15, -0.1) is 0 Å². The average Bonchev–Trinajstić information content (AvgIpc) is 2.85. The number of aryl methyl sites for hydroxylation is 3. The number of aromatic nitrogens is 2. The van der Waals surface area contributed by atoms with Gasteiger partial charge in [0.05, 0.1) is 18.3 Å². The summed E-state index contributed by atoms with van der Waals surface area (Å²) in [6, 6.07) is 8.96. The van der Waals surface area contributed by atoms with Crippen molar-refractivity contribution in [3.8, 4) is 0 Å². The fourth-order valence-corrected chi connectivity index (χ4v) is 2.85. The molecule has 0 fully saturated rings. The number of aliphatic imine (C=N–C) groups is 1. The highest BCUT2D eigenvalue weighted by molar-refractivity contribution is 5.80. The zero-order chi connectivity index (χ0) is 18.4. The van der Waals surface area contributed by atoms with Crippen LogP contribution < -0.4 is 10.6 Å². The molecule has 0 aliphatic carbocycles. The van der Waals surface area contributed by atoms with Gasteiger partial charge in [-0.1, -0.05) is 31.2 Å². The summed E-state index contributed by atoms with van der Waals surface area (Å²) in [6.07, 6.45) is 1.07. The molecule has 1 atom stereocenters. The molecule has 5 heteroatoms. The van der Waals surface area contributed by atoms with Crippen molar-refractivity contribution < 1.29 is 0 Å². The molecular formula is C20H31N5. The predicted octanol–water partition coefficient (Wildman–Crippen LogP) is 3.42. The van der Waals surface area contributed by atoms with Crippen LogP contribution in [-0.2, 0) is 20.0 Å². The Morgan fingerprint density at radius 2 is 1.88 bits per heavy atom. The van der Waals surface area contributed by atoms with Crippen LogP contribution in [0.15, 0.2) is 29.3 Å². The molecule has 0 aliphatic rings. The Balaban J connectivity index is 2.10. The summed E-state index contributed by atoms with van der Waals surface area (Å²) in [7, 11) is 1.97. The first-order valence-corrected chi connectivity index (χ1v) is 9.09. The molecule has 0 spiro atoms. The second kappa shape index (κ2) is 8.70. The second-order valence-electron chi connectivity index (χ2n) is 6.43. The van der Waals surface area contributed by atoms with Crippen molar-refractivity contribution >= 4 is 5.96 Å². The van der Waals surface area contributed by atoms with Crippen molar-refractivity contribution in [3.63, 3.8) is 0 Å². The van der Waals surface area contributed by atoms with Crippen molar-refractivity contribution in [3.05, 3.63) is 52.3 Å². The maximum Gasteiger partial charge on any atom is 0.192 e. The highest BCUT2D eigenvalue weighted by Gasteiger charge is 2.11. The lowest BCUT2D eigenvalue weighted by atomic mass is 10.1. The summed E-state index contributed by atoms with van der Waals surface area (Å²) in [5.74, 6) is 0.831. The Labute approximate surface area is 151 Å². The normalized spacial score (nSPS) is 13.0. The van der Waals surface area contributed by atoms with Crippen molar-refractivity contribution in [2.75, 3.05) is 6.54 Å². The fraction of sp³-hybridized carbons (Fsp3) is 0.500. The molecule has 0 saturated heterocycles. The minimum atomic E-state index is 0.194. The van der Waals surface area contributed by atoms with Crippen LogP contribution in [0.25, 0.3) is 0 Å². The molecule has 25 heavy (non-hydrogen) atoms. The average molecular weight is 342 g/mol. The Morgan fingerprint density at radius 3 is 2.40 bits per heavy atom. The maximum atomic E-state index is 4.76. The molecule has 0 amide bonds. The molecule has 1 aromatic heterocycles. The second-order valence-corrected chi connectivity index (χ2v) is 6.43. The van der Waals surface area contributed by atoms with Gasteiger partial charge in [-0.3, -0.25) is 4.68 Å². The third kappa shape index (κ3) is 4.84. The van der Waals surface area contributed by atoms with E-state index < -0.39 is 0 Å². The molecule has 1 heterocycles. The number of nitrogens with one attached hydrogen (secondary N) is 2. The molecular weight excluding hydrogens is 310 g/mol. The highest BCUT2D eigenvalue weighted by Crippen LogP contribution is 2.15. The van der Waals surface area contributed by atoms with Gasteiger partial charge in [-0.05, 0) is 45.2 Å². The van der Waals surface area contributed by atoms with Gasteiger partial charge in [0.1, 0.15) is 0 Å². The van der Waals surface area contributed by atoms with Crippen molar-refractivity contribution in [2.24, 2.45) is 12.0 Å². The molecule has 2 rings (SSSR count). The van der Waals surface area contributed by atoms with Crippen LogP contribution in [0.5, 0.6) is 0 Å². The Bertz CT molecular complexity index is 712. The predicted molar refractivity (Wildman–Crippen MR) is 105 cm³/mol. The topological polar surface area (TPSA) is 54.2 Å². The van der Waals surface area contributed by atoms with Crippen molar-refractivity contribution in [2.45, 2.75) is 53.6 Å². The summed E-state index contributed by atoms with van der Waals surface area (Å²) >= 11 is 0. The summed E-state index contributed by atoms with van der Waals surface area (Å²) in [6.45, 7) is 12.0.